The molecule has 14 heavy (non-hydrogen) atoms. The van der Waals surface area contributed by atoms with E-state index in [1.54, 1.807) is 25.1 Å². The van der Waals surface area contributed by atoms with Crippen LogP contribution in [0.15, 0.2) is 24.3 Å². The van der Waals surface area contributed by atoms with Crippen LogP contribution in [0.2, 0.25) is 0 Å². The zero-order valence-electron chi connectivity index (χ0n) is 7.90. The quantitative estimate of drug-likeness (QED) is 0.741. The summed E-state index contributed by atoms with van der Waals surface area (Å²) in [5.74, 6) is -0.583. The number of carbonyl (C=O) groups is 1. The fourth-order valence-corrected chi connectivity index (χ4v) is 1.18. The molecular weight excluding hydrogens is 178 g/mol. The van der Waals surface area contributed by atoms with E-state index in [0.29, 0.717) is 0 Å². The summed E-state index contributed by atoms with van der Waals surface area (Å²) < 4.78 is 0. The zero-order chi connectivity index (χ0) is 10.6. The van der Waals surface area contributed by atoms with Crippen molar-refractivity contribution in [1.82, 2.24) is 0 Å². The molecule has 3 heteroatoms. The molecule has 0 saturated carbocycles. The summed E-state index contributed by atoms with van der Waals surface area (Å²) in [6, 6.07) is 8.30. The molecule has 0 aliphatic rings. The van der Waals surface area contributed by atoms with E-state index in [2.05, 4.69) is 0 Å². The molecule has 0 heterocycles. The molecule has 0 bridgehead atoms. The fraction of sp³-hybridized carbons (Fsp3) is 0.273. The summed E-state index contributed by atoms with van der Waals surface area (Å²) >= 11 is 0. The lowest BCUT2D eigenvalue weighted by molar-refractivity contribution is 0.0929. The number of phenols is 1. The Hall–Kier alpha value is -1.82. The highest BCUT2D eigenvalue weighted by Gasteiger charge is 2.17. The van der Waals surface area contributed by atoms with Gasteiger partial charge >= 0.3 is 0 Å². The van der Waals surface area contributed by atoms with Crippen LogP contribution in [0.3, 0.4) is 0 Å². The molecule has 0 aliphatic heterocycles. The van der Waals surface area contributed by atoms with Crippen LogP contribution in [-0.4, -0.2) is 10.9 Å². The molecule has 1 N–H and O–H groups in total. The van der Waals surface area contributed by atoms with Crippen LogP contribution < -0.4 is 0 Å². The number of nitriles is 1. The van der Waals surface area contributed by atoms with Gasteiger partial charge in [-0.05, 0) is 12.1 Å². The first-order valence-corrected chi connectivity index (χ1v) is 4.36. The largest absolute Gasteiger partial charge is 0.507 e. The van der Waals surface area contributed by atoms with Gasteiger partial charge in [-0.3, -0.25) is 4.79 Å². The standard InChI is InChI=1S/C11H11NO2/c1-8(6-7-12)11(14)9-4-2-3-5-10(9)13/h2-5,8,13H,6H2,1H3. The molecule has 0 fully saturated rings. The Morgan fingerprint density at radius 2 is 2.21 bits per heavy atom. The number of hydrogen-bond acceptors (Lipinski definition) is 3. The Balaban J connectivity index is 2.91. The van der Waals surface area contributed by atoms with Gasteiger partial charge in [0, 0.05) is 12.3 Å². The molecule has 1 unspecified atom stereocenters. The fourth-order valence-electron chi connectivity index (χ4n) is 1.18. The minimum Gasteiger partial charge on any atom is -0.507 e. The van der Waals surface area contributed by atoms with Gasteiger partial charge in [0.1, 0.15) is 5.75 Å². The molecular formula is C11H11NO2. The number of benzene rings is 1. The number of ketones is 1. The van der Waals surface area contributed by atoms with Crippen molar-refractivity contribution in [2.75, 3.05) is 0 Å². The average molecular weight is 189 g/mol. The molecule has 3 nitrogen and oxygen atoms in total. The van der Waals surface area contributed by atoms with Crippen molar-refractivity contribution in [1.29, 1.82) is 5.26 Å². The first kappa shape index (κ1) is 10.3. The van der Waals surface area contributed by atoms with Gasteiger partial charge in [-0.1, -0.05) is 19.1 Å². The van der Waals surface area contributed by atoms with Crippen LogP contribution in [-0.2, 0) is 0 Å². The van der Waals surface area contributed by atoms with Crippen LogP contribution in [0.5, 0.6) is 5.75 Å². The van der Waals surface area contributed by atoms with Gasteiger partial charge in [-0.2, -0.15) is 5.26 Å². The van der Waals surface area contributed by atoms with E-state index in [1.807, 2.05) is 6.07 Å². The normalized spacial score (nSPS) is 11.7. The predicted octanol–water partition coefficient (Wildman–Crippen LogP) is 2.12. The summed E-state index contributed by atoms with van der Waals surface area (Å²) in [7, 11) is 0. The van der Waals surface area contributed by atoms with E-state index < -0.39 is 0 Å². The highest BCUT2D eigenvalue weighted by molar-refractivity contribution is 6.00. The first-order valence-electron chi connectivity index (χ1n) is 4.36. The monoisotopic (exact) mass is 189 g/mol. The summed E-state index contributed by atoms with van der Waals surface area (Å²) in [6.45, 7) is 1.68. The molecule has 1 aromatic carbocycles. The third kappa shape index (κ3) is 2.11. The van der Waals surface area contributed by atoms with Gasteiger partial charge < -0.3 is 5.11 Å². The van der Waals surface area contributed by atoms with E-state index in [4.69, 9.17) is 5.26 Å². The van der Waals surface area contributed by atoms with Crippen molar-refractivity contribution < 1.29 is 9.90 Å². The summed E-state index contributed by atoms with van der Waals surface area (Å²) in [4.78, 5) is 11.6. The summed E-state index contributed by atoms with van der Waals surface area (Å²) in [6.07, 6.45) is 0.174. The number of nitrogens with zero attached hydrogens (tertiary/aromatic N) is 1. The maximum atomic E-state index is 11.6. The molecule has 0 aliphatic carbocycles. The lowest BCUT2D eigenvalue weighted by Gasteiger charge is -2.07. The Kier molecular flexibility index (Phi) is 3.24. The minimum absolute atomic E-state index is 0.0257. The van der Waals surface area contributed by atoms with Crippen molar-refractivity contribution in [3.63, 3.8) is 0 Å². The average Bonchev–Trinajstić information content (AvgIpc) is 2.18. The SMILES string of the molecule is CC(CC#N)C(=O)c1ccccc1O. The van der Waals surface area contributed by atoms with E-state index in [-0.39, 0.29) is 29.4 Å². The number of phenolic OH excluding ortho intramolecular Hbond substituents is 1. The summed E-state index contributed by atoms with van der Waals surface area (Å²) in [5, 5.41) is 17.8. The molecule has 0 amide bonds. The van der Waals surface area contributed by atoms with Crippen LogP contribution >= 0.6 is 0 Å². The molecule has 1 aromatic rings. The van der Waals surface area contributed by atoms with Crippen LogP contribution in [0.1, 0.15) is 23.7 Å². The van der Waals surface area contributed by atoms with E-state index >= 15 is 0 Å². The van der Waals surface area contributed by atoms with Crippen LogP contribution in [0, 0.1) is 17.2 Å². The number of aromatic hydroxyl groups is 1. The lowest BCUT2D eigenvalue weighted by atomic mass is 9.96. The van der Waals surface area contributed by atoms with Gasteiger partial charge in [0.25, 0.3) is 0 Å². The highest BCUT2D eigenvalue weighted by atomic mass is 16.3. The Morgan fingerprint density at radius 1 is 1.57 bits per heavy atom. The summed E-state index contributed by atoms with van der Waals surface area (Å²) in [5.41, 5.74) is 0.287. The maximum Gasteiger partial charge on any atom is 0.170 e. The predicted molar refractivity (Wildman–Crippen MR) is 51.8 cm³/mol. The molecule has 0 aromatic heterocycles. The number of Topliss-reactive ketones (excluding diaryl/α,β-unsaturated/α-hetero) is 1. The third-order valence-corrected chi connectivity index (χ3v) is 2.01. The van der Waals surface area contributed by atoms with Crippen LogP contribution in [0.25, 0.3) is 0 Å². The molecule has 1 rings (SSSR count). The minimum atomic E-state index is -0.367. The molecule has 1 atom stereocenters. The second-order valence-electron chi connectivity index (χ2n) is 3.14. The first-order chi connectivity index (χ1) is 6.66. The Labute approximate surface area is 82.6 Å². The Bertz CT molecular complexity index is 379. The smallest absolute Gasteiger partial charge is 0.170 e. The molecule has 0 saturated heterocycles. The number of para-hydroxylation sites is 1. The van der Waals surface area contributed by atoms with E-state index in [1.165, 1.54) is 6.07 Å². The lowest BCUT2D eigenvalue weighted by Crippen LogP contribution is -2.10. The van der Waals surface area contributed by atoms with Gasteiger partial charge in [-0.25, -0.2) is 0 Å². The van der Waals surface area contributed by atoms with Gasteiger partial charge in [0.05, 0.1) is 11.6 Å². The topological polar surface area (TPSA) is 61.1 Å². The van der Waals surface area contributed by atoms with Crippen molar-refractivity contribution in [2.24, 2.45) is 5.92 Å². The van der Waals surface area contributed by atoms with E-state index in [9.17, 15) is 9.90 Å². The van der Waals surface area contributed by atoms with Crippen molar-refractivity contribution in [3.8, 4) is 11.8 Å². The van der Waals surface area contributed by atoms with Crippen molar-refractivity contribution in [3.05, 3.63) is 29.8 Å². The number of hydrogen-bond donors (Lipinski definition) is 1. The number of rotatable bonds is 3. The molecule has 0 spiro atoms. The van der Waals surface area contributed by atoms with Crippen molar-refractivity contribution >= 4 is 5.78 Å². The second-order valence-corrected chi connectivity index (χ2v) is 3.14. The van der Waals surface area contributed by atoms with Crippen molar-refractivity contribution in [2.45, 2.75) is 13.3 Å². The van der Waals surface area contributed by atoms with Gasteiger partial charge in [0.2, 0.25) is 0 Å². The Morgan fingerprint density at radius 3 is 2.79 bits per heavy atom. The van der Waals surface area contributed by atoms with Crippen LogP contribution in [0.4, 0.5) is 0 Å². The number of carbonyl (C=O) groups excluding carboxylic acids is 1. The molecule has 72 valence electrons. The van der Waals surface area contributed by atoms with E-state index in [0.717, 1.165) is 0 Å². The molecule has 0 radical (unpaired) electrons. The maximum absolute atomic E-state index is 11.6. The third-order valence-electron chi connectivity index (χ3n) is 2.01. The zero-order valence-corrected chi connectivity index (χ0v) is 7.90. The van der Waals surface area contributed by atoms with Gasteiger partial charge in [-0.15, -0.1) is 0 Å². The second kappa shape index (κ2) is 4.43. The highest BCUT2D eigenvalue weighted by Crippen LogP contribution is 2.20. The van der Waals surface area contributed by atoms with Gasteiger partial charge in [0.15, 0.2) is 5.78 Å².